The molecule has 10 nitrogen and oxygen atoms in total. The van der Waals surface area contributed by atoms with E-state index in [1.165, 1.54) is 0 Å². The van der Waals surface area contributed by atoms with Gasteiger partial charge < -0.3 is 29.1 Å². The number of esters is 1. The maximum Gasteiger partial charge on any atom is 0.312 e. The monoisotopic (exact) mass is 575 g/mol. The van der Waals surface area contributed by atoms with Gasteiger partial charge in [0.1, 0.15) is 11.6 Å². The Labute approximate surface area is 244 Å². The molecule has 2 amide bonds. The summed E-state index contributed by atoms with van der Waals surface area (Å²) >= 11 is 0. The normalized spacial score (nSPS) is 29.0. The minimum Gasteiger partial charge on any atom is -0.465 e. The molecule has 4 fully saturated rings. The van der Waals surface area contributed by atoms with E-state index < -0.39 is 29.6 Å². The van der Waals surface area contributed by atoms with Crippen molar-refractivity contribution in [2.75, 3.05) is 65.7 Å². The lowest BCUT2D eigenvalue weighted by molar-refractivity contribution is -0.155. The summed E-state index contributed by atoms with van der Waals surface area (Å²) in [5.41, 5.74) is -1.02. The first-order valence-corrected chi connectivity index (χ1v) is 15.5. The number of unbranched alkanes of at least 4 members (excludes halogenated alkanes) is 5. The summed E-state index contributed by atoms with van der Waals surface area (Å²) in [4.78, 5) is 47.6. The van der Waals surface area contributed by atoms with Crippen LogP contribution in [0, 0.1) is 11.8 Å². The zero-order valence-electron chi connectivity index (χ0n) is 24.6. The number of aliphatic hydroxyl groups excluding tert-OH is 1. The molecule has 4 heterocycles. The standard InChI is InChI=1S/C31H49N3O7/c1-3-5-6-11-21-40-30(38)25-24-12-13-31(41-24)26(25)28(36)34(15-9-7-8-10-20-35)27(31)29(37)33(14-4-2)17-16-32-18-22-39-23-19-32/h3-4,24-27,35H,1-2,5-23H2/t24-,25+,26+,27?,31?/m1/s1. The SMILES string of the molecule is C=CCCCCOC(=O)[C@@H]1[C@H]2C(=O)N(CCCCCCO)C(C(=O)N(CC=C)CCN3CCOCC3)C23CC[C@H]1O3. The highest BCUT2D eigenvalue weighted by Gasteiger charge is 2.75. The Morgan fingerprint density at radius 2 is 1.85 bits per heavy atom. The van der Waals surface area contributed by atoms with Gasteiger partial charge in [0, 0.05) is 45.9 Å². The molecule has 10 heteroatoms. The third kappa shape index (κ3) is 7.04. The zero-order chi connectivity index (χ0) is 29.2. The fourth-order valence-corrected chi connectivity index (χ4v) is 7.06. The van der Waals surface area contributed by atoms with Gasteiger partial charge in [0.2, 0.25) is 11.8 Å². The van der Waals surface area contributed by atoms with E-state index in [-0.39, 0.29) is 24.4 Å². The molecule has 5 atom stereocenters. The second-order valence-electron chi connectivity index (χ2n) is 11.7. The van der Waals surface area contributed by atoms with Crippen LogP contribution < -0.4 is 0 Å². The number of aliphatic hydroxyl groups is 1. The fraction of sp³-hybridized carbons (Fsp3) is 0.774. The highest BCUT2D eigenvalue weighted by atomic mass is 16.6. The van der Waals surface area contributed by atoms with Crippen LogP contribution in [0.5, 0.6) is 0 Å². The van der Waals surface area contributed by atoms with Crippen LogP contribution in [-0.4, -0.2) is 121 Å². The van der Waals surface area contributed by atoms with Gasteiger partial charge in [-0.15, -0.1) is 13.2 Å². The maximum atomic E-state index is 14.4. The van der Waals surface area contributed by atoms with Gasteiger partial charge in [-0.1, -0.05) is 25.0 Å². The molecule has 0 aromatic rings. The number of rotatable bonds is 18. The number of carbonyl (C=O) groups excluding carboxylic acids is 3. The lowest BCUT2D eigenvalue weighted by atomic mass is 9.70. The summed E-state index contributed by atoms with van der Waals surface area (Å²) in [6, 6.07) is -0.780. The molecule has 230 valence electrons. The van der Waals surface area contributed by atoms with Crippen molar-refractivity contribution in [3.63, 3.8) is 0 Å². The summed E-state index contributed by atoms with van der Waals surface area (Å²) in [6.07, 6.45) is 9.97. The number of hydrogen-bond donors (Lipinski definition) is 1. The van der Waals surface area contributed by atoms with Gasteiger partial charge in [-0.2, -0.15) is 0 Å². The van der Waals surface area contributed by atoms with Crippen LogP contribution in [0.4, 0.5) is 0 Å². The van der Waals surface area contributed by atoms with Crippen molar-refractivity contribution in [1.82, 2.24) is 14.7 Å². The van der Waals surface area contributed by atoms with Crippen LogP contribution in [-0.2, 0) is 28.6 Å². The van der Waals surface area contributed by atoms with Crippen LogP contribution >= 0.6 is 0 Å². The van der Waals surface area contributed by atoms with E-state index in [1.807, 2.05) is 6.08 Å². The summed E-state index contributed by atoms with van der Waals surface area (Å²) in [7, 11) is 0. The molecule has 4 aliphatic heterocycles. The summed E-state index contributed by atoms with van der Waals surface area (Å²) in [5, 5.41) is 9.16. The molecule has 2 bridgehead atoms. The topological polar surface area (TPSA) is 109 Å². The number of ether oxygens (including phenoxy) is 3. The van der Waals surface area contributed by atoms with Crippen molar-refractivity contribution in [2.24, 2.45) is 11.8 Å². The Morgan fingerprint density at radius 3 is 2.59 bits per heavy atom. The molecule has 1 spiro atoms. The van der Waals surface area contributed by atoms with Crippen LogP contribution in [0.2, 0.25) is 0 Å². The first-order valence-electron chi connectivity index (χ1n) is 15.5. The molecule has 4 saturated heterocycles. The fourth-order valence-electron chi connectivity index (χ4n) is 7.06. The molecule has 0 saturated carbocycles. The van der Waals surface area contributed by atoms with Gasteiger partial charge in [0.05, 0.1) is 37.8 Å². The second kappa shape index (κ2) is 15.3. The highest BCUT2D eigenvalue weighted by molar-refractivity contribution is 5.98. The van der Waals surface area contributed by atoms with Crippen molar-refractivity contribution < 1.29 is 33.7 Å². The molecular weight excluding hydrogens is 526 g/mol. The van der Waals surface area contributed by atoms with Crippen molar-refractivity contribution in [1.29, 1.82) is 0 Å². The van der Waals surface area contributed by atoms with E-state index in [1.54, 1.807) is 15.9 Å². The molecule has 0 aromatic heterocycles. The molecule has 4 aliphatic rings. The largest absolute Gasteiger partial charge is 0.465 e. The van der Waals surface area contributed by atoms with Gasteiger partial charge in [-0.05, 0) is 44.9 Å². The van der Waals surface area contributed by atoms with E-state index in [2.05, 4.69) is 18.1 Å². The minimum absolute atomic E-state index is 0.136. The number of nitrogens with zero attached hydrogens (tertiary/aromatic N) is 3. The van der Waals surface area contributed by atoms with Crippen molar-refractivity contribution in [3.8, 4) is 0 Å². The molecule has 4 rings (SSSR count). The third-order valence-corrected chi connectivity index (χ3v) is 9.11. The van der Waals surface area contributed by atoms with Gasteiger partial charge in [-0.3, -0.25) is 19.3 Å². The summed E-state index contributed by atoms with van der Waals surface area (Å²) in [6.45, 7) is 13.1. The van der Waals surface area contributed by atoms with E-state index >= 15 is 0 Å². The number of fused-ring (bicyclic) bond motifs is 1. The van der Waals surface area contributed by atoms with E-state index in [0.717, 1.165) is 51.6 Å². The van der Waals surface area contributed by atoms with Crippen molar-refractivity contribution in [2.45, 2.75) is 75.5 Å². The lowest BCUT2D eigenvalue weighted by Gasteiger charge is -2.37. The highest BCUT2D eigenvalue weighted by Crippen LogP contribution is 2.58. The maximum absolute atomic E-state index is 14.4. The first kappa shape index (κ1) is 31.7. The predicted octanol–water partition coefficient (Wildman–Crippen LogP) is 2.16. The smallest absolute Gasteiger partial charge is 0.312 e. The molecule has 0 aromatic carbocycles. The number of morpholine rings is 1. The van der Waals surface area contributed by atoms with Crippen LogP contribution in [0.25, 0.3) is 0 Å². The van der Waals surface area contributed by atoms with E-state index in [9.17, 15) is 14.4 Å². The Hall–Kier alpha value is -2.27. The quantitative estimate of drug-likeness (QED) is 0.151. The van der Waals surface area contributed by atoms with E-state index in [4.69, 9.17) is 19.3 Å². The molecule has 0 aliphatic carbocycles. The van der Waals surface area contributed by atoms with Crippen molar-refractivity contribution in [3.05, 3.63) is 25.3 Å². The van der Waals surface area contributed by atoms with Gasteiger partial charge in [0.25, 0.3) is 0 Å². The lowest BCUT2D eigenvalue weighted by Crippen LogP contribution is -2.57. The Kier molecular flexibility index (Phi) is 11.8. The Morgan fingerprint density at radius 1 is 1.07 bits per heavy atom. The molecule has 41 heavy (non-hydrogen) atoms. The second-order valence-corrected chi connectivity index (χ2v) is 11.7. The predicted molar refractivity (Wildman–Crippen MR) is 154 cm³/mol. The summed E-state index contributed by atoms with van der Waals surface area (Å²) < 4.78 is 17.7. The van der Waals surface area contributed by atoms with Crippen LogP contribution in [0.15, 0.2) is 25.3 Å². The number of hydrogen-bond acceptors (Lipinski definition) is 8. The van der Waals surface area contributed by atoms with Gasteiger partial charge in [-0.25, -0.2) is 0 Å². The summed E-state index contributed by atoms with van der Waals surface area (Å²) in [5.74, 6) is -2.10. The third-order valence-electron chi connectivity index (χ3n) is 9.11. The molecular formula is C31H49N3O7. The first-order chi connectivity index (χ1) is 20.0. The molecule has 1 N–H and O–H groups in total. The number of amides is 2. The molecule has 2 unspecified atom stereocenters. The number of carbonyl (C=O) groups is 3. The van der Waals surface area contributed by atoms with Crippen LogP contribution in [0.1, 0.15) is 57.8 Å². The van der Waals surface area contributed by atoms with Gasteiger partial charge >= 0.3 is 5.97 Å². The van der Waals surface area contributed by atoms with Crippen molar-refractivity contribution >= 4 is 17.8 Å². The average Bonchev–Trinajstić information content (AvgIpc) is 3.62. The number of allylic oxidation sites excluding steroid dienone is 1. The number of likely N-dealkylation sites (tertiary alicyclic amines) is 1. The van der Waals surface area contributed by atoms with E-state index in [0.29, 0.717) is 65.3 Å². The van der Waals surface area contributed by atoms with Crippen LogP contribution in [0.3, 0.4) is 0 Å². The van der Waals surface area contributed by atoms with Gasteiger partial charge in [0.15, 0.2) is 0 Å². The Balaban J connectivity index is 1.53. The Bertz CT molecular complexity index is 923. The zero-order valence-corrected chi connectivity index (χ0v) is 24.6. The average molecular weight is 576 g/mol. The molecule has 0 radical (unpaired) electrons. The minimum atomic E-state index is -1.02.